The van der Waals surface area contributed by atoms with Crippen LogP contribution in [0, 0.1) is 0 Å². The van der Waals surface area contributed by atoms with Crippen LogP contribution < -0.4 is 16.2 Å². The van der Waals surface area contributed by atoms with E-state index in [0.29, 0.717) is 22.2 Å². The lowest BCUT2D eigenvalue weighted by Gasteiger charge is -2.16. The summed E-state index contributed by atoms with van der Waals surface area (Å²) in [6, 6.07) is 16.3. The molecule has 0 amide bonds. The third-order valence-corrected chi connectivity index (χ3v) is 3.40. The summed E-state index contributed by atoms with van der Waals surface area (Å²) in [5.41, 5.74) is 7.10. The van der Waals surface area contributed by atoms with E-state index < -0.39 is 0 Å². The molecule has 3 aromatic rings. The largest absolute Gasteiger partial charge is 0.463 e. The minimum absolute atomic E-state index is 0.0811. The van der Waals surface area contributed by atoms with Crippen LogP contribution in [0.2, 0.25) is 0 Å². The molecule has 0 radical (unpaired) electrons. The number of hydrogen-bond donors (Lipinski definition) is 1. The lowest BCUT2D eigenvalue weighted by Crippen LogP contribution is -2.31. The molecule has 2 aromatic carbocycles. The van der Waals surface area contributed by atoms with Crippen LogP contribution in [0.5, 0.6) is 0 Å². The Morgan fingerprint density at radius 3 is 2.57 bits per heavy atom. The molecule has 114 valence electrons. The zero-order chi connectivity index (χ0) is 16.2. The highest BCUT2D eigenvalue weighted by atomic mass is 32.1. The van der Waals surface area contributed by atoms with E-state index in [4.69, 9.17) is 22.4 Å². The van der Waals surface area contributed by atoms with Crippen LogP contribution in [-0.2, 0) is 0 Å². The summed E-state index contributed by atoms with van der Waals surface area (Å²) in [5.74, 6) is 0. The molecule has 0 unspecified atom stereocenters. The van der Waals surface area contributed by atoms with Gasteiger partial charge in [-0.15, -0.1) is 0 Å². The Morgan fingerprint density at radius 1 is 1.13 bits per heavy atom. The number of nitrogens with zero attached hydrogens (tertiary/aromatic N) is 2. The molecule has 2 N–H and O–H groups in total. The molecule has 0 saturated heterocycles. The lowest BCUT2D eigenvalue weighted by atomic mass is 10.2. The highest BCUT2D eigenvalue weighted by Gasteiger charge is 2.08. The second-order valence-corrected chi connectivity index (χ2v) is 5.16. The van der Waals surface area contributed by atoms with Crippen molar-refractivity contribution < 1.29 is 4.42 Å². The number of benzene rings is 2. The van der Waals surface area contributed by atoms with E-state index in [1.165, 1.54) is 17.5 Å². The summed E-state index contributed by atoms with van der Waals surface area (Å²) in [5, 5.41) is 6.17. The van der Waals surface area contributed by atoms with Crippen LogP contribution in [-0.4, -0.2) is 11.3 Å². The Bertz CT molecular complexity index is 935. The topological polar surface area (TPSA) is 71.8 Å². The van der Waals surface area contributed by atoms with Gasteiger partial charge in [-0.05, 0) is 36.5 Å². The molecule has 6 heteroatoms. The third kappa shape index (κ3) is 3.12. The van der Waals surface area contributed by atoms with Crippen LogP contribution in [0.4, 0.5) is 5.69 Å². The molecule has 3 rings (SSSR count). The molecule has 0 aliphatic heterocycles. The molecule has 23 heavy (non-hydrogen) atoms. The maximum Gasteiger partial charge on any atom is 0.201 e. The molecule has 0 aliphatic carbocycles. The minimum Gasteiger partial charge on any atom is -0.463 e. The van der Waals surface area contributed by atoms with E-state index in [-0.39, 0.29) is 10.5 Å². The average Bonchev–Trinajstić information content (AvgIpc) is 2.58. The lowest BCUT2D eigenvalue weighted by molar-refractivity contribution is 0.601. The Labute approximate surface area is 137 Å². The number of rotatable bonds is 3. The van der Waals surface area contributed by atoms with Gasteiger partial charge in [0.15, 0.2) is 5.11 Å². The van der Waals surface area contributed by atoms with Crippen molar-refractivity contribution in [3.8, 4) is 0 Å². The first-order chi connectivity index (χ1) is 11.2. The molecule has 0 saturated carbocycles. The molecule has 0 spiro atoms. The number of para-hydroxylation sites is 2. The van der Waals surface area contributed by atoms with Crippen LogP contribution >= 0.6 is 12.2 Å². The fraction of sp³-hybridized carbons (Fsp3) is 0. The first-order valence-electron chi connectivity index (χ1n) is 6.86. The van der Waals surface area contributed by atoms with Gasteiger partial charge in [-0.2, -0.15) is 5.10 Å². The molecule has 0 bridgehead atoms. The number of fused-ring (bicyclic) bond motifs is 1. The van der Waals surface area contributed by atoms with E-state index in [1.807, 2.05) is 36.4 Å². The van der Waals surface area contributed by atoms with Crippen molar-refractivity contribution in [3.05, 3.63) is 76.6 Å². The zero-order valence-corrected chi connectivity index (χ0v) is 12.9. The molecule has 5 nitrogen and oxygen atoms in total. The van der Waals surface area contributed by atoms with Gasteiger partial charge in [0.1, 0.15) is 11.8 Å². The van der Waals surface area contributed by atoms with Gasteiger partial charge >= 0.3 is 0 Å². The number of thiocarbonyl (C=S) groups is 1. The van der Waals surface area contributed by atoms with Crippen LogP contribution in [0.3, 0.4) is 0 Å². The molecule has 1 aromatic heterocycles. The first-order valence-corrected chi connectivity index (χ1v) is 7.27. The van der Waals surface area contributed by atoms with E-state index in [9.17, 15) is 4.79 Å². The highest BCUT2D eigenvalue weighted by molar-refractivity contribution is 7.80. The maximum atomic E-state index is 12.4. The number of nitrogens with two attached hydrogens (primary N) is 1. The van der Waals surface area contributed by atoms with Gasteiger partial charge in [0.2, 0.25) is 5.43 Å². The van der Waals surface area contributed by atoms with Gasteiger partial charge in [-0.3, -0.25) is 4.79 Å². The van der Waals surface area contributed by atoms with Gasteiger partial charge in [0.25, 0.3) is 0 Å². The van der Waals surface area contributed by atoms with Gasteiger partial charge in [-0.25, -0.2) is 5.01 Å². The minimum atomic E-state index is -0.161. The third-order valence-electron chi connectivity index (χ3n) is 3.23. The Hall–Kier alpha value is -2.99. The fourth-order valence-corrected chi connectivity index (χ4v) is 2.27. The van der Waals surface area contributed by atoms with Gasteiger partial charge < -0.3 is 10.2 Å². The van der Waals surface area contributed by atoms with E-state index in [0.717, 1.165) is 0 Å². The van der Waals surface area contributed by atoms with E-state index >= 15 is 0 Å². The second-order valence-electron chi connectivity index (χ2n) is 4.75. The van der Waals surface area contributed by atoms with Crippen molar-refractivity contribution in [2.45, 2.75) is 0 Å². The maximum absolute atomic E-state index is 12.4. The average molecular weight is 323 g/mol. The van der Waals surface area contributed by atoms with Crippen LogP contribution in [0.25, 0.3) is 11.0 Å². The second kappa shape index (κ2) is 6.41. The summed E-state index contributed by atoms with van der Waals surface area (Å²) < 4.78 is 5.45. The molecule has 0 fully saturated rings. The van der Waals surface area contributed by atoms with Gasteiger partial charge in [-0.1, -0.05) is 30.3 Å². The summed E-state index contributed by atoms with van der Waals surface area (Å²) in [6.45, 7) is 0. The standard InChI is InChI=1S/C17H13N3O2S/c18-17(23)20(13-6-2-1-3-7-13)19-10-12-11-22-15-9-5-4-8-14(15)16(12)21/h1-11H,(H2,18,23)/b19-10+. The zero-order valence-electron chi connectivity index (χ0n) is 12.0. The Balaban J connectivity index is 2.00. The number of hydrazone groups is 1. The van der Waals surface area contributed by atoms with E-state index in [2.05, 4.69) is 5.10 Å². The van der Waals surface area contributed by atoms with Crippen molar-refractivity contribution in [1.82, 2.24) is 0 Å². The smallest absolute Gasteiger partial charge is 0.201 e. The fourth-order valence-electron chi connectivity index (χ4n) is 2.12. The molecular formula is C17H13N3O2S. The predicted octanol–water partition coefficient (Wildman–Crippen LogP) is 2.88. The molecule has 1 heterocycles. The van der Waals surface area contributed by atoms with Crippen molar-refractivity contribution >= 4 is 40.2 Å². The first kappa shape index (κ1) is 14.9. The summed E-state index contributed by atoms with van der Waals surface area (Å²) in [7, 11) is 0. The van der Waals surface area contributed by atoms with Crippen molar-refractivity contribution in [1.29, 1.82) is 0 Å². The highest BCUT2D eigenvalue weighted by Crippen LogP contribution is 2.14. The van der Waals surface area contributed by atoms with Crippen molar-refractivity contribution in [2.75, 3.05) is 5.01 Å². The summed E-state index contributed by atoms with van der Waals surface area (Å²) in [4.78, 5) is 12.4. The van der Waals surface area contributed by atoms with E-state index in [1.54, 1.807) is 18.2 Å². The quantitative estimate of drug-likeness (QED) is 0.456. The SMILES string of the molecule is NC(=S)N(/N=C/c1coc2ccccc2c1=O)c1ccccc1. The Morgan fingerprint density at radius 2 is 1.83 bits per heavy atom. The van der Waals surface area contributed by atoms with Gasteiger partial charge in [0, 0.05) is 0 Å². The molecule has 0 atom stereocenters. The van der Waals surface area contributed by atoms with Crippen molar-refractivity contribution in [3.63, 3.8) is 0 Å². The normalized spacial score (nSPS) is 11.0. The summed E-state index contributed by atoms with van der Waals surface area (Å²) in [6.07, 6.45) is 2.77. The van der Waals surface area contributed by atoms with Crippen molar-refractivity contribution in [2.24, 2.45) is 10.8 Å². The number of hydrogen-bond acceptors (Lipinski definition) is 4. The molecular weight excluding hydrogens is 310 g/mol. The Kier molecular flexibility index (Phi) is 4.16. The van der Waals surface area contributed by atoms with Gasteiger partial charge in [0.05, 0.1) is 22.9 Å². The summed E-state index contributed by atoms with van der Waals surface area (Å²) >= 11 is 5.01. The predicted molar refractivity (Wildman–Crippen MR) is 95.8 cm³/mol. The molecule has 0 aliphatic rings. The van der Waals surface area contributed by atoms with Crippen LogP contribution in [0.1, 0.15) is 5.56 Å². The monoisotopic (exact) mass is 323 g/mol. The number of anilines is 1. The van der Waals surface area contributed by atoms with Crippen LogP contribution in [0.15, 0.2) is 75.2 Å².